The van der Waals surface area contributed by atoms with Crippen LogP contribution in [-0.2, 0) is 6.54 Å². The van der Waals surface area contributed by atoms with E-state index in [1.807, 2.05) is 20.8 Å². The van der Waals surface area contributed by atoms with Crippen LogP contribution in [0.2, 0.25) is 0 Å². The summed E-state index contributed by atoms with van der Waals surface area (Å²) in [6.45, 7) is 6.95. The Balaban J connectivity index is 2.36. The predicted octanol–water partition coefficient (Wildman–Crippen LogP) is 2.57. The molecule has 0 aliphatic heterocycles. The van der Waals surface area contributed by atoms with Gasteiger partial charge in [0.15, 0.2) is 17.2 Å². The van der Waals surface area contributed by atoms with Crippen LogP contribution in [0.25, 0.3) is 0 Å². The van der Waals surface area contributed by atoms with Crippen molar-refractivity contribution in [1.29, 1.82) is 0 Å². The van der Waals surface area contributed by atoms with Crippen LogP contribution in [-0.4, -0.2) is 49.5 Å². The lowest BCUT2D eigenvalue weighted by Crippen LogP contribution is -2.28. The fourth-order valence-corrected chi connectivity index (χ4v) is 2.69. The van der Waals surface area contributed by atoms with Gasteiger partial charge in [-0.15, -0.1) is 0 Å². The Kier molecular flexibility index (Phi) is 7.46. The molecule has 0 aliphatic carbocycles. The molecule has 0 unspecified atom stereocenters. The number of aryl methyl sites for hydroxylation is 1. The zero-order valence-corrected chi connectivity index (χ0v) is 17.7. The van der Waals surface area contributed by atoms with Crippen molar-refractivity contribution < 1.29 is 23.8 Å². The normalized spacial score (nSPS) is 10.6. The highest BCUT2D eigenvalue weighted by molar-refractivity contribution is 6.10. The zero-order valence-electron chi connectivity index (χ0n) is 17.7. The van der Waals surface area contributed by atoms with Gasteiger partial charge in [0.2, 0.25) is 5.75 Å². The summed E-state index contributed by atoms with van der Waals surface area (Å²) in [5.74, 6) is 0.464. The van der Waals surface area contributed by atoms with Crippen LogP contribution >= 0.6 is 0 Å². The van der Waals surface area contributed by atoms with Crippen LogP contribution in [0.4, 0.5) is 5.69 Å². The number of carbonyl (C=O) groups is 2. The van der Waals surface area contributed by atoms with Gasteiger partial charge in [-0.25, -0.2) is 0 Å². The average molecular weight is 404 g/mol. The highest BCUT2D eigenvalue weighted by atomic mass is 16.5. The molecule has 158 valence electrons. The number of methoxy groups -OCH3 is 3. The third-order valence-corrected chi connectivity index (χ3v) is 4.17. The van der Waals surface area contributed by atoms with Gasteiger partial charge in [0, 0.05) is 19.3 Å². The standard InChI is InChI=1S/C20H28N4O5/c1-7-24-11-14(16(23-24)20(26)21-10-12(2)3)22-19(25)13-8-9-15(27-4)18(29-6)17(13)28-5/h8-9,11-12H,7,10H2,1-6H3,(H,21,26)(H,22,25). The molecule has 0 saturated heterocycles. The largest absolute Gasteiger partial charge is 0.493 e. The number of hydrogen-bond acceptors (Lipinski definition) is 6. The number of ether oxygens (including phenoxy) is 3. The van der Waals surface area contributed by atoms with Crippen molar-refractivity contribution >= 4 is 17.5 Å². The second kappa shape index (κ2) is 9.81. The van der Waals surface area contributed by atoms with Crippen LogP contribution in [0.3, 0.4) is 0 Å². The molecule has 9 nitrogen and oxygen atoms in total. The van der Waals surface area contributed by atoms with Gasteiger partial charge in [0.25, 0.3) is 11.8 Å². The topological polar surface area (TPSA) is 104 Å². The SMILES string of the molecule is CCn1cc(NC(=O)c2ccc(OC)c(OC)c2OC)c(C(=O)NCC(C)C)n1. The maximum Gasteiger partial charge on any atom is 0.273 e. The van der Waals surface area contributed by atoms with E-state index in [9.17, 15) is 9.59 Å². The molecule has 29 heavy (non-hydrogen) atoms. The van der Waals surface area contributed by atoms with Gasteiger partial charge in [-0.3, -0.25) is 14.3 Å². The Hall–Kier alpha value is -3.23. The number of anilines is 1. The van der Waals surface area contributed by atoms with Crippen molar-refractivity contribution in [1.82, 2.24) is 15.1 Å². The molecular formula is C20H28N4O5. The van der Waals surface area contributed by atoms with Crippen molar-refractivity contribution in [2.75, 3.05) is 33.2 Å². The van der Waals surface area contributed by atoms with Crippen LogP contribution in [0.15, 0.2) is 18.3 Å². The molecule has 1 heterocycles. The molecule has 0 saturated carbocycles. The molecule has 9 heteroatoms. The summed E-state index contributed by atoms with van der Waals surface area (Å²) in [4.78, 5) is 25.5. The minimum absolute atomic E-state index is 0.153. The quantitative estimate of drug-likeness (QED) is 0.666. The average Bonchev–Trinajstić information content (AvgIpc) is 3.13. The summed E-state index contributed by atoms with van der Waals surface area (Å²) in [5, 5.41) is 9.84. The molecule has 0 aliphatic rings. The van der Waals surface area contributed by atoms with E-state index in [4.69, 9.17) is 14.2 Å². The number of benzene rings is 1. The molecule has 2 amide bonds. The van der Waals surface area contributed by atoms with Gasteiger partial charge in [-0.1, -0.05) is 13.8 Å². The fraction of sp³-hybridized carbons (Fsp3) is 0.450. The van der Waals surface area contributed by atoms with Crippen LogP contribution in [0, 0.1) is 5.92 Å². The Morgan fingerprint density at radius 1 is 1.07 bits per heavy atom. The van der Waals surface area contributed by atoms with Gasteiger partial charge in [-0.2, -0.15) is 5.10 Å². The molecular weight excluding hydrogens is 376 g/mol. The van der Waals surface area contributed by atoms with Crippen molar-refractivity contribution in [2.24, 2.45) is 5.92 Å². The molecule has 0 radical (unpaired) electrons. The first-order valence-corrected chi connectivity index (χ1v) is 9.32. The minimum atomic E-state index is -0.462. The first-order valence-electron chi connectivity index (χ1n) is 9.32. The second-order valence-electron chi connectivity index (χ2n) is 6.69. The van der Waals surface area contributed by atoms with Gasteiger partial charge in [-0.05, 0) is 25.0 Å². The molecule has 2 N–H and O–H groups in total. The monoisotopic (exact) mass is 404 g/mol. The lowest BCUT2D eigenvalue weighted by molar-refractivity contribution is 0.0944. The number of rotatable bonds is 9. The summed E-state index contributed by atoms with van der Waals surface area (Å²) in [5.41, 5.74) is 0.707. The van der Waals surface area contributed by atoms with Crippen molar-refractivity contribution in [2.45, 2.75) is 27.3 Å². The van der Waals surface area contributed by atoms with E-state index in [0.29, 0.717) is 36.2 Å². The van der Waals surface area contributed by atoms with Gasteiger partial charge < -0.3 is 24.8 Å². The van der Waals surface area contributed by atoms with Crippen LogP contribution in [0.5, 0.6) is 17.2 Å². The third-order valence-electron chi connectivity index (χ3n) is 4.17. The van der Waals surface area contributed by atoms with E-state index < -0.39 is 5.91 Å². The number of aromatic nitrogens is 2. The fourth-order valence-electron chi connectivity index (χ4n) is 2.69. The van der Waals surface area contributed by atoms with E-state index >= 15 is 0 Å². The lowest BCUT2D eigenvalue weighted by atomic mass is 10.1. The highest BCUT2D eigenvalue weighted by Gasteiger charge is 2.24. The van der Waals surface area contributed by atoms with Crippen molar-refractivity contribution in [3.8, 4) is 17.2 Å². The second-order valence-corrected chi connectivity index (χ2v) is 6.69. The highest BCUT2D eigenvalue weighted by Crippen LogP contribution is 2.40. The van der Waals surface area contributed by atoms with E-state index in [2.05, 4.69) is 15.7 Å². The number of hydrogen-bond donors (Lipinski definition) is 2. The summed E-state index contributed by atoms with van der Waals surface area (Å²) < 4.78 is 17.5. The maximum absolute atomic E-state index is 12.9. The molecule has 0 fully saturated rings. The summed E-state index contributed by atoms with van der Waals surface area (Å²) in [7, 11) is 4.40. The van der Waals surface area contributed by atoms with Gasteiger partial charge in [0.05, 0.1) is 32.6 Å². The van der Waals surface area contributed by atoms with Crippen LogP contribution in [0.1, 0.15) is 41.6 Å². The van der Waals surface area contributed by atoms with Gasteiger partial charge in [0.1, 0.15) is 0 Å². The third kappa shape index (κ3) is 4.98. The Labute approximate surface area is 170 Å². The van der Waals surface area contributed by atoms with Crippen molar-refractivity contribution in [3.63, 3.8) is 0 Å². The van der Waals surface area contributed by atoms with E-state index in [-0.39, 0.29) is 22.9 Å². The Morgan fingerprint density at radius 3 is 2.31 bits per heavy atom. The Morgan fingerprint density at radius 2 is 1.76 bits per heavy atom. The molecule has 0 spiro atoms. The lowest BCUT2D eigenvalue weighted by Gasteiger charge is -2.15. The minimum Gasteiger partial charge on any atom is -0.493 e. The number of nitrogens with zero attached hydrogens (tertiary/aromatic N) is 2. The summed E-state index contributed by atoms with van der Waals surface area (Å²) in [6, 6.07) is 3.18. The van der Waals surface area contributed by atoms with Crippen molar-refractivity contribution in [3.05, 3.63) is 29.6 Å². The van der Waals surface area contributed by atoms with E-state index in [0.717, 1.165) is 0 Å². The van der Waals surface area contributed by atoms with Gasteiger partial charge >= 0.3 is 0 Å². The first kappa shape index (κ1) is 22.1. The summed E-state index contributed by atoms with van der Waals surface area (Å²) >= 11 is 0. The molecule has 2 rings (SSSR count). The number of amides is 2. The molecule has 1 aromatic heterocycles. The maximum atomic E-state index is 12.9. The number of carbonyl (C=O) groups excluding carboxylic acids is 2. The van der Waals surface area contributed by atoms with Crippen LogP contribution < -0.4 is 24.8 Å². The van der Waals surface area contributed by atoms with E-state index in [1.54, 1.807) is 23.0 Å². The first-order chi connectivity index (χ1) is 13.9. The molecule has 1 aromatic carbocycles. The van der Waals surface area contributed by atoms with E-state index in [1.165, 1.54) is 21.3 Å². The zero-order chi connectivity index (χ0) is 21.6. The molecule has 0 bridgehead atoms. The Bertz CT molecular complexity index is 876. The molecule has 0 atom stereocenters. The number of nitrogens with one attached hydrogen (secondary N) is 2. The molecule has 2 aromatic rings. The predicted molar refractivity (Wildman–Crippen MR) is 109 cm³/mol. The summed E-state index contributed by atoms with van der Waals surface area (Å²) in [6.07, 6.45) is 1.62. The smallest absolute Gasteiger partial charge is 0.273 e.